The molecule has 2 unspecified atom stereocenters. The van der Waals surface area contributed by atoms with Crippen molar-refractivity contribution in [1.82, 2.24) is 0 Å². The van der Waals surface area contributed by atoms with Crippen LogP contribution in [0.4, 0.5) is 0 Å². The van der Waals surface area contributed by atoms with Gasteiger partial charge in [0.1, 0.15) is 13.2 Å². The maximum Gasteiger partial charge on any atom is 0.361 e. The van der Waals surface area contributed by atoms with Crippen LogP contribution in [0.2, 0.25) is 0 Å². The number of likely N-dealkylation sites (N-methyl/N-ethyl adjacent to an activating group) is 1. The van der Waals surface area contributed by atoms with E-state index in [9.17, 15) is 19.5 Å². The Bertz CT molecular complexity index is 1590. The second-order valence-electron chi connectivity index (χ2n) is 20.9. The molecule has 0 aromatic heterocycles. The smallest absolute Gasteiger partial charge is 0.361 e. The molecule has 0 aliphatic rings. The van der Waals surface area contributed by atoms with Crippen LogP contribution in [0.25, 0.3) is 0 Å². The summed E-state index contributed by atoms with van der Waals surface area (Å²) in [5.74, 6) is -2.03. The van der Waals surface area contributed by atoms with E-state index in [1.165, 1.54) is 89.9 Å². The SMILES string of the molecule is CC/C=C\C/C=C\C/C=C\C/C=C\C/C=C\C/C=C\C/C=C\C/C=C\CCCCCCCCC(=O)OC(COC(=O)CCCCCCCCCCC/C=C\CCCCCCCC)COC(OCC[N+](C)(C)C)C(=O)O. The Labute approximate surface area is 460 Å². The standard InChI is InChI=1S/C66H111NO8/c1-6-8-10-12-14-16-18-20-22-24-26-27-28-29-30-31-32-33-34-35-36-37-39-41-43-45-47-49-51-53-55-57-64(69)75-62(61-74-66(65(70)71)72-59-58-67(3,4)5)60-73-63(68)56-54-52-50-48-46-44-42-40-38-25-23-21-19-17-15-13-11-9-7-2/h8,10,14,16,20-23,26-27,29-30,32-33,35-36,39,41,62,66H,6-7,9,11-13,15,17-19,24-25,28,31,34,37-38,40,42-61H2,1-5H3/p+1/b10-8-,16-14-,22-20-,23-21-,27-26-,30-29-,33-32-,36-35-,41-39-. The first-order valence-corrected chi connectivity index (χ1v) is 30.1. The van der Waals surface area contributed by atoms with Gasteiger partial charge in [-0.1, -0.05) is 226 Å². The van der Waals surface area contributed by atoms with E-state index in [0.29, 0.717) is 23.9 Å². The van der Waals surface area contributed by atoms with Gasteiger partial charge in [-0.2, -0.15) is 0 Å². The number of hydrogen-bond donors (Lipinski definition) is 1. The lowest BCUT2D eigenvalue weighted by Gasteiger charge is -2.25. The third-order valence-electron chi connectivity index (χ3n) is 12.5. The van der Waals surface area contributed by atoms with E-state index >= 15 is 0 Å². The Hall–Kier alpha value is -4.05. The van der Waals surface area contributed by atoms with E-state index in [2.05, 4.69) is 123 Å². The van der Waals surface area contributed by atoms with E-state index in [4.69, 9.17) is 18.9 Å². The van der Waals surface area contributed by atoms with Crippen molar-refractivity contribution in [1.29, 1.82) is 0 Å². The van der Waals surface area contributed by atoms with Crippen molar-refractivity contribution in [3.63, 3.8) is 0 Å². The molecule has 0 bridgehead atoms. The molecule has 428 valence electrons. The lowest BCUT2D eigenvalue weighted by Crippen LogP contribution is -2.40. The first-order chi connectivity index (χ1) is 36.6. The van der Waals surface area contributed by atoms with Crippen molar-refractivity contribution in [3.8, 4) is 0 Å². The third-order valence-corrected chi connectivity index (χ3v) is 12.5. The number of esters is 2. The summed E-state index contributed by atoms with van der Waals surface area (Å²) in [5.41, 5.74) is 0. The van der Waals surface area contributed by atoms with Crippen molar-refractivity contribution < 1.29 is 42.9 Å². The largest absolute Gasteiger partial charge is 0.477 e. The monoisotopic (exact) mass is 1050 g/mol. The van der Waals surface area contributed by atoms with Gasteiger partial charge in [0, 0.05) is 12.8 Å². The van der Waals surface area contributed by atoms with Crippen LogP contribution >= 0.6 is 0 Å². The van der Waals surface area contributed by atoms with Crippen molar-refractivity contribution >= 4 is 17.9 Å². The second-order valence-corrected chi connectivity index (χ2v) is 20.9. The number of rotatable bonds is 54. The van der Waals surface area contributed by atoms with Gasteiger partial charge in [0.05, 0.1) is 34.4 Å². The molecule has 0 radical (unpaired) electrons. The summed E-state index contributed by atoms with van der Waals surface area (Å²) in [4.78, 5) is 37.5. The Balaban J connectivity index is 4.30. The van der Waals surface area contributed by atoms with Crippen molar-refractivity contribution in [3.05, 3.63) is 109 Å². The highest BCUT2D eigenvalue weighted by Crippen LogP contribution is 2.15. The zero-order valence-electron chi connectivity index (χ0n) is 48.7. The fourth-order valence-electron chi connectivity index (χ4n) is 7.91. The minimum Gasteiger partial charge on any atom is -0.477 e. The maximum absolute atomic E-state index is 12.9. The summed E-state index contributed by atoms with van der Waals surface area (Å²) < 4.78 is 22.9. The molecule has 0 rings (SSSR count). The number of carbonyl (C=O) groups excluding carboxylic acids is 2. The summed E-state index contributed by atoms with van der Waals surface area (Å²) in [6.07, 6.45) is 74.5. The molecular weight excluding hydrogens is 935 g/mol. The van der Waals surface area contributed by atoms with Gasteiger partial charge in [-0.15, -0.1) is 0 Å². The summed E-state index contributed by atoms with van der Waals surface area (Å²) >= 11 is 0. The number of aliphatic carboxylic acids is 1. The number of nitrogens with zero attached hydrogens (tertiary/aromatic N) is 1. The molecule has 0 aliphatic heterocycles. The number of ether oxygens (including phenoxy) is 4. The van der Waals surface area contributed by atoms with Gasteiger partial charge >= 0.3 is 17.9 Å². The van der Waals surface area contributed by atoms with E-state index in [1.54, 1.807) is 0 Å². The molecule has 0 fully saturated rings. The fourth-order valence-corrected chi connectivity index (χ4v) is 7.91. The van der Waals surface area contributed by atoms with Gasteiger partial charge in [-0.25, -0.2) is 4.79 Å². The number of unbranched alkanes of at least 4 members (excludes halogenated alkanes) is 21. The number of allylic oxidation sites excluding steroid dienone is 18. The van der Waals surface area contributed by atoms with Crippen LogP contribution in [-0.2, 0) is 33.3 Å². The van der Waals surface area contributed by atoms with E-state index < -0.39 is 24.3 Å². The molecule has 0 amide bonds. The first kappa shape index (κ1) is 71.0. The van der Waals surface area contributed by atoms with E-state index in [-0.39, 0.29) is 32.2 Å². The lowest BCUT2D eigenvalue weighted by molar-refractivity contribution is -0.870. The van der Waals surface area contributed by atoms with Crippen LogP contribution in [0.3, 0.4) is 0 Å². The van der Waals surface area contributed by atoms with Crippen LogP contribution in [0.1, 0.15) is 232 Å². The van der Waals surface area contributed by atoms with Crippen molar-refractivity contribution in [2.45, 2.75) is 245 Å². The number of quaternary nitrogens is 1. The highest BCUT2D eigenvalue weighted by atomic mass is 16.7. The minimum atomic E-state index is -1.52. The first-order valence-electron chi connectivity index (χ1n) is 30.1. The average Bonchev–Trinajstić information content (AvgIpc) is 3.38. The quantitative estimate of drug-likeness (QED) is 0.0211. The van der Waals surface area contributed by atoms with Crippen LogP contribution in [-0.4, -0.2) is 87.4 Å². The van der Waals surface area contributed by atoms with E-state index in [1.807, 2.05) is 21.1 Å². The number of carboxylic acids is 1. The predicted octanol–water partition coefficient (Wildman–Crippen LogP) is 17.9. The second kappa shape index (κ2) is 56.2. The molecule has 9 nitrogen and oxygen atoms in total. The summed E-state index contributed by atoms with van der Waals surface area (Å²) in [6.45, 7) is 4.74. The molecule has 0 aliphatic carbocycles. The minimum absolute atomic E-state index is 0.179. The molecule has 0 aromatic rings. The molecule has 0 saturated heterocycles. The summed E-state index contributed by atoms with van der Waals surface area (Å²) in [6, 6.07) is 0. The zero-order chi connectivity index (χ0) is 54.8. The molecule has 0 aromatic carbocycles. The number of carbonyl (C=O) groups is 3. The van der Waals surface area contributed by atoms with Gasteiger partial charge in [0.25, 0.3) is 6.29 Å². The van der Waals surface area contributed by atoms with Gasteiger partial charge in [0.15, 0.2) is 6.10 Å². The fraction of sp³-hybridized carbons (Fsp3) is 0.682. The molecule has 9 heteroatoms. The molecular formula is C66H112NO8+. The Morgan fingerprint density at radius 1 is 0.413 bits per heavy atom. The van der Waals surface area contributed by atoms with Gasteiger partial charge in [0.2, 0.25) is 0 Å². The Kier molecular flexibility index (Phi) is 53.1. The highest BCUT2D eigenvalue weighted by molar-refractivity contribution is 5.71. The topological polar surface area (TPSA) is 108 Å². The van der Waals surface area contributed by atoms with Crippen LogP contribution in [0, 0.1) is 0 Å². The predicted molar refractivity (Wildman–Crippen MR) is 318 cm³/mol. The number of hydrogen-bond acceptors (Lipinski definition) is 7. The van der Waals surface area contributed by atoms with Crippen LogP contribution < -0.4 is 0 Å². The molecule has 0 heterocycles. The summed E-state index contributed by atoms with van der Waals surface area (Å²) in [7, 11) is 5.96. The number of carboxylic acid groups (broad SMARTS) is 1. The summed E-state index contributed by atoms with van der Waals surface area (Å²) in [5, 5.41) is 9.71. The van der Waals surface area contributed by atoms with E-state index in [0.717, 1.165) is 109 Å². The maximum atomic E-state index is 12.9. The molecule has 0 saturated carbocycles. The molecule has 0 spiro atoms. The van der Waals surface area contributed by atoms with Gasteiger partial charge in [-0.05, 0) is 103 Å². The van der Waals surface area contributed by atoms with Crippen LogP contribution in [0.5, 0.6) is 0 Å². The van der Waals surface area contributed by atoms with Gasteiger partial charge < -0.3 is 28.5 Å². The zero-order valence-corrected chi connectivity index (χ0v) is 48.7. The lowest BCUT2D eigenvalue weighted by atomic mass is 10.1. The van der Waals surface area contributed by atoms with Gasteiger partial charge in [-0.3, -0.25) is 9.59 Å². The normalized spacial score (nSPS) is 13.6. The molecule has 2 atom stereocenters. The average molecular weight is 1050 g/mol. The highest BCUT2D eigenvalue weighted by Gasteiger charge is 2.25. The molecule has 75 heavy (non-hydrogen) atoms. The van der Waals surface area contributed by atoms with Crippen molar-refractivity contribution in [2.75, 3.05) is 47.5 Å². The molecule has 1 N–H and O–H groups in total. The third kappa shape index (κ3) is 57.5. The van der Waals surface area contributed by atoms with Crippen molar-refractivity contribution in [2.24, 2.45) is 0 Å². The Morgan fingerprint density at radius 2 is 0.760 bits per heavy atom. The van der Waals surface area contributed by atoms with Crippen LogP contribution in [0.15, 0.2) is 109 Å². The Morgan fingerprint density at radius 3 is 1.15 bits per heavy atom.